The number of nitrogens with zero attached hydrogens (tertiary/aromatic N) is 3. The molecular weight excluding hydrogens is 209 g/mol. The van der Waals surface area contributed by atoms with Crippen molar-refractivity contribution in [2.24, 2.45) is 0 Å². The number of aromatic amines is 1. The van der Waals surface area contributed by atoms with Crippen LogP contribution in [0.4, 0.5) is 10.1 Å². The van der Waals surface area contributed by atoms with Crippen LogP contribution in [0.2, 0.25) is 0 Å². The fourth-order valence-corrected chi connectivity index (χ4v) is 1.64. The average molecular weight is 217 g/mol. The lowest BCUT2D eigenvalue weighted by Crippen LogP contribution is -1.96. The first kappa shape index (κ1) is 8.90. The van der Waals surface area contributed by atoms with Gasteiger partial charge in [0, 0.05) is 18.5 Å². The highest BCUT2D eigenvalue weighted by Crippen LogP contribution is 2.20. The van der Waals surface area contributed by atoms with Crippen molar-refractivity contribution in [1.29, 1.82) is 0 Å². The summed E-state index contributed by atoms with van der Waals surface area (Å²) in [6.07, 6.45) is 3.07. The van der Waals surface area contributed by atoms with Crippen molar-refractivity contribution in [3.63, 3.8) is 0 Å². The standard InChI is InChI=1S/C10H8FN5/c11-6-4-7(12)9-14-15-10(16(9)5-6)8-2-1-3-13-8/h1-5,13H,12H2. The molecular formula is C10H8FN5. The van der Waals surface area contributed by atoms with E-state index in [9.17, 15) is 4.39 Å². The van der Waals surface area contributed by atoms with E-state index in [-0.39, 0.29) is 5.69 Å². The fourth-order valence-electron chi connectivity index (χ4n) is 1.64. The van der Waals surface area contributed by atoms with Gasteiger partial charge in [-0.05, 0) is 12.1 Å². The molecule has 0 bridgehead atoms. The van der Waals surface area contributed by atoms with E-state index in [1.165, 1.54) is 16.7 Å². The van der Waals surface area contributed by atoms with Gasteiger partial charge in [0.05, 0.1) is 11.4 Å². The van der Waals surface area contributed by atoms with E-state index in [1.807, 2.05) is 12.1 Å². The van der Waals surface area contributed by atoms with Crippen molar-refractivity contribution in [3.05, 3.63) is 36.4 Å². The minimum absolute atomic E-state index is 0.269. The second kappa shape index (κ2) is 3.06. The lowest BCUT2D eigenvalue weighted by atomic mass is 10.3. The van der Waals surface area contributed by atoms with E-state index in [0.717, 1.165) is 5.69 Å². The monoisotopic (exact) mass is 217 g/mol. The number of nitrogen functional groups attached to an aromatic ring is 1. The lowest BCUT2D eigenvalue weighted by Gasteiger charge is -1.99. The van der Waals surface area contributed by atoms with Crippen LogP contribution in [-0.2, 0) is 0 Å². The average Bonchev–Trinajstić information content (AvgIpc) is 2.83. The van der Waals surface area contributed by atoms with Crippen molar-refractivity contribution in [2.45, 2.75) is 0 Å². The highest BCUT2D eigenvalue weighted by molar-refractivity contribution is 5.67. The molecule has 0 aromatic carbocycles. The van der Waals surface area contributed by atoms with E-state index in [2.05, 4.69) is 15.2 Å². The molecule has 0 radical (unpaired) electrons. The van der Waals surface area contributed by atoms with Crippen LogP contribution in [-0.4, -0.2) is 19.6 Å². The first-order valence-corrected chi connectivity index (χ1v) is 4.69. The summed E-state index contributed by atoms with van der Waals surface area (Å²) in [5, 5.41) is 7.89. The maximum absolute atomic E-state index is 13.2. The van der Waals surface area contributed by atoms with Gasteiger partial charge in [-0.3, -0.25) is 4.40 Å². The maximum Gasteiger partial charge on any atom is 0.184 e. The van der Waals surface area contributed by atoms with Gasteiger partial charge in [-0.1, -0.05) is 0 Å². The molecule has 5 nitrogen and oxygen atoms in total. The first-order chi connectivity index (χ1) is 7.75. The minimum atomic E-state index is -0.419. The second-order valence-electron chi connectivity index (χ2n) is 3.41. The third kappa shape index (κ3) is 1.16. The Morgan fingerprint density at radius 1 is 1.38 bits per heavy atom. The van der Waals surface area contributed by atoms with Crippen LogP contribution in [0.3, 0.4) is 0 Å². The summed E-state index contributed by atoms with van der Waals surface area (Å²) in [6, 6.07) is 4.89. The zero-order valence-corrected chi connectivity index (χ0v) is 8.18. The Hall–Kier alpha value is -2.37. The van der Waals surface area contributed by atoms with Crippen molar-refractivity contribution in [2.75, 3.05) is 5.73 Å². The van der Waals surface area contributed by atoms with E-state index in [4.69, 9.17) is 5.73 Å². The van der Waals surface area contributed by atoms with Gasteiger partial charge in [0.25, 0.3) is 0 Å². The summed E-state index contributed by atoms with van der Waals surface area (Å²) < 4.78 is 14.8. The SMILES string of the molecule is Nc1cc(F)cn2c(-c3ccc[nH]3)nnc12. The van der Waals surface area contributed by atoms with Gasteiger partial charge >= 0.3 is 0 Å². The lowest BCUT2D eigenvalue weighted by molar-refractivity contribution is 0.620. The molecule has 0 spiro atoms. The van der Waals surface area contributed by atoms with E-state index < -0.39 is 5.82 Å². The van der Waals surface area contributed by atoms with Crippen LogP contribution in [0.25, 0.3) is 17.2 Å². The number of fused-ring (bicyclic) bond motifs is 1. The predicted molar refractivity (Wildman–Crippen MR) is 57.1 cm³/mol. The highest BCUT2D eigenvalue weighted by Gasteiger charge is 2.11. The molecule has 0 saturated carbocycles. The number of pyridine rings is 1. The molecule has 0 aliphatic heterocycles. The Labute approximate surface area is 89.7 Å². The van der Waals surface area contributed by atoms with Gasteiger partial charge in [-0.25, -0.2) is 4.39 Å². The van der Waals surface area contributed by atoms with Gasteiger partial charge in [0.2, 0.25) is 0 Å². The number of nitrogens with one attached hydrogen (secondary N) is 1. The van der Waals surface area contributed by atoms with Crippen LogP contribution in [0.15, 0.2) is 30.6 Å². The molecule has 6 heteroatoms. The van der Waals surface area contributed by atoms with Crippen molar-refractivity contribution < 1.29 is 4.39 Å². The summed E-state index contributed by atoms with van der Waals surface area (Å²) in [5.74, 6) is 0.115. The van der Waals surface area contributed by atoms with Gasteiger partial charge in [0.15, 0.2) is 11.5 Å². The third-order valence-corrected chi connectivity index (χ3v) is 2.34. The zero-order valence-electron chi connectivity index (χ0n) is 8.18. The van der Waals surface area contributed by atoms with E-state index in [1.54, 1.807) is 6.20 Å². The maximum atomic E-state index is 13.2. The predicted octanol–water partition coefficient (Wildman–Crippen LogP) is 1.45. The number of halogens is 1. The summed E-state index contributed by atoms with van der Waals surface area (Å²) >= 11 is 0. The van der Waals surface area contributed by atoms with Gasteiger partial charge in [0.1, 0.15) is 5.82 Å². The smallest absolute Gasteiger partial charge is 0.184 e. The number of nitrogens with two attached hydrogens (primary N) is 1. The number of aromatic nitrogens is 4. The summed E-state index contributed by atoms with van der Waals surface area (Å²) in [7, 11) is 0. The summed E-state index contributed by atoms with van der Waals surface area (Å²) in [6.45, 7) is 0. The Morgan fingerprint density at radius 3 is 3.00 bits per heavy atom. The molecule has 0 amide bonds. The Kier molecular flexibility index (Phi) is 1.70. The van der Waals surface area contributed by atoms with Crippen molar-refractivity contribution in [3.8, 4) is 11.5 Å². The van der Waals surface area contributed by atoms with Crippen LogP contribution in [0.5, 0.6) is 0 Å². The fraction of sp³-hybridized carbons (Fsp3) is 0. The van der Waals surface area contributed by atoms with Crippen LogP contribution in [0, 0.1) is 5.82 Å². The molecule has 0 fully saturated rings. The molecule has 0 aliphatic rings. The molecule has 0 saturated heterocycles. The summed E-state index contributed by atoms with van der Waals surface area (Å²) in [4.78, 5) is 2.98. The molecule has 0 aliphatic carbocycles. The molecule has 3 heterocycles. The number of H-pyrrole nitrogens is 1. The van der Waals surface area contributed by atoms with Crippen LogP contribution >= 0.6 is 0 Å². The molecule has 3 aromatic heterocycles. The molecule has 80 valence electrons. The van der Waals surface area contributed by atoms with E-state index >= 15 is 0 Å². The van der Waals surface area contributed by atoms with Crippen LogP contribution < -0.4 is 5.73 Å². The van der Waals surface area contributed by atoms with Gasteiger partial charge in [-0.2, -0.15) is 0 Å². The van der Waals surface area contributed by atoms with E-state index in [0.29, 0.717) is 11.5 Å². The molecule has 3 aromatic rings. The Bertz CT molecular complexity index is 641. The number of anilines is 1. The molecule has 16 heavy (non-hydrogen) atoms. The minimum Gasteiger partial charge on any atom is -0.396 e. The Balaban J connectivity index is 2.35. The number of hydrogen-bond acceptors (Lipinski definition) is 3. The van der Waals surface area contributed by atoms with Crippen molar-refractivity contribution in [1.82, 2.24) is 19.6 Å². The molecule has 0 atom stereocenters. The summed E-state index contributed by atoms with van der Waals surface area (Å²) in [5.41, 5.74) is 7.13. The largest absolute Gasteiger partial charge is 0.396 e. The second-order valence-corrected chi connectivity index (χ2v) is 3.41. The van der Waals surface area contributed by atoms with Gasteiger partial charge in [-0.15, -0.1) is 10.2 Å². The topological polar surface area (TPSA) is 72.0 Å². The normalized spacial score (nSPS) is 11.1. The number of rotatable bonds is 1. The highest BCUT2D eigenvalue weighted by atomic mass is 19.1. The molecule has 3 rings (SSSR count). The number of hydrogen-bond donors (Lipinski definition) is 2. The first-order valence-electron chi connectivity index (χ1n) is 4.69. The molecule has 3 N–H and O–H groups in total. The Morgan fingerprint density at radius 2 is 2.25 bits per heavy atom. The van der Waals surface area contributed by atoms with Crippen LogP contribution in [0.1, 0.15) is 0 Å². The molecule has 0 unspecified atom stereocenters. The third-order valence-electron chi connectivity index (χ3n) is 2.34. The van der Waals surface area contributed by atoms with Gasteiger partial charge < -0.3 is 10.7 Å². The van der Waals surface area contributed by atoms with Crippen molar-refractivity contribution >= 4 is 11.3 Å². The zero-order chi connectivity index (χ0) is 11.1. The quantitative estimate of drug-likeness (QED) is 0.648.